The number of likely N-dealkylation sites (N-methyl/N-ethyl adjacent to an activating group) is 1. The lowest BCUT2D eigenvalue weighted by Crippen LogP contribution is -2.45. The van der Waals surface area contributed by atoms with Gasteiger partial charge in [-0.1, -0.05) is 24.3 Å². The predicted molar refractivity (Wildman–Crippen MR) is 105 cm³/mol. The van der Waals surface area contributed by atoms with Crippen LogP contribution in [0.4, 0.5) is 0 Å². The molecule has 1 aromatic heterocycles. The third kappa shape index (κ3) is 6.05. The van der Waals surface area contributed by atoms with E-state index >= 15 is 0 Å². The first-order valence-electron chi connectivity index (χ1n) is 9.50. The maximum atomic E-state index is 11.5. The Morgan fingerprint density at radius 1 is 1.22 bits per heavy atom. The number of carbonyl (C=O) groups is 1. The zero-order valence-electron chi connectivity index (χ0n) is 15.9. The summed E-state index contributed by atoms with van der Waals surface area (Å²) in [7, 11) is 1.68. The van der Waals surface area contributed by atoms with Gasteiger partial charge in [-0.2, -0.15) is 0 Å². The molecule has 1 aliphatic rings. The van der Waals surface area contributed by atoms with E-state index in [2.05, 4.69) is 26.6 Å². The Kier molecular flexibility index (Phi) is 7.19. The number of pyridine rings is 1. The number of carbonyl (C=O) groups excluding carboxylic acids is 1. The Hall–Kier alpha value is -2.44. The van der Waals surface area contributed by atoms with Gasteiger partial charge in [0, 0.05) is 56.2 Å². The van der Waals surface area contributed by atoms with Gasteiger partial charge in [-0.3, -0.25) is 14.7 Å². The van der Waals surface area contributed by atoms with Crippen molar-refractivity contribution in [1.29, 1.82) is 0 Å². The second-order valence-corrected chi connectivity index (χ2v) is 6.86. The summed E-state index contributed by atoms with van der Waals surface area (Å²) in [5.41, 5.74) is 2.22. The molecular formula is C21H28N4O2. The number of ether oxygens (including phenoxy) is 1. The van der Waals surface area contributed by atoms with Crippen LogP contribution < -0.4 is 15.4 Å². The molecule has 0 saturated carbocycles. The third-order valence-electron chi connectivity index (χ3n) is 4.90. The maximum Gasteiger partial charge on any atom is 0.233 e. The van der Waals surface area contributed by atoms with Crippen molar-refractivity contribution in [2.75, 3.05) is 26.7 Å². The molecule has 1 amide bonds. The van der Waals surface area contributed by atoms with Crippen molar-refractivity contribution in [3.8, 4) is 5.75 Å². The molecule has 6 heteroatoms. The number of aromatic nitrogens is 1. The fourth-order valence-corrected chi connectivity index (χ4v) is 3.27. The third-order valence-corrected chi connectivity index (χ3v) is 4.90. The zero-order chi connectivity index (χ0) is 18.9. The summed E-state index contributed by atoms with van der Waals surface area (Å²) in [6.07, 6.45) is 5.69. The summed E-state index contributed by atoms with van der Waals surface area (Å²) in [6, 6.07) is 12.6. The average Bonchev–Trinajstić information content (AvgIpc) is 2.73. The van der Waals surface area contributed by atoms with E-state index in [0.717, 1.165) is 49.4 Å². The number of piperidine rings is 1. The van der Waals surface area contributed by atoms with Crippen LogP contribution in [0.1, 0.15) is 24.0 Å². The molecular weight excluding hydrogens is 340 g/mol. The number of para-hydroxylation sites is 1. The lowest BCUT2D eigenvalue weighted by atomic mass is 10.0. The number of hydrogen-bond donors (Lipinski definition) is 2. The monoisotopic (exact) mass is 368 g/mol. The molecule has 3 rings (SSSR count). The highest BCUT2D eigenvalue weighted by atomic mass is 16.5. The van der Waals surface area contributed by atoms with Crippen LogP contribution in [0.15, 0.2) is 48.8 Å². The van der Waals surface area contributed by atoms with Crippen molar-refractivity contribution in [1.82, 2.24) is 20.5 Å². The van der Waals surface area contributed by atoms with Gasteiger partial charge in [0.2, 0.25) is 5.91 Å². The minimum Gasteiger partial charge on any atom is -0.489 e. The van der Waals surface area contributed by atoms with E-state index in [1.165, 1.54) is 0 Å². The van der Waals surface area contributed by atoms with Crippen LogP contribution in [0.25, 0.3) is 0 Å². The van der Waals surface area contributed by atoms with Gasteiger partial charge >= 0.3 is 0 Å². The van der Waals surface area contributed by atoms with Gasteiger partial charge in [0.15, 0.2) is 0 Å². The number of hydrogen-bond acceptors (Lipinski definition) is 5. The summed E-state index contributed by atoms with van der Waals surface area (Å²) in [5.74, 6) is 0.993. The maximum absolute atomic E-state index is 11.5. The van der Waals surface area contributed by atoms with Crippen molar-refractivity contribution >= 4 is 5.91 Å². The fourth-order valence-electron chi connectivity index (χ4n) is 3.27. The van der Waals surface area contributed by atoms with Gasteiger partial charge in [0.1, 0.15) is 12.4 Å². The van der Waals surface area contributed by atoms with Crippen LogP contribution in [-0.4, -0.2) is 48.5 Å². The number of nitrogens with zero attached hydrogens (tertiary/aromatic N) is 2. The van der Waals surface area contributed by atoms with Gasteiger partial charge in [-0.15, -0.1) is 0 Å². The van der Waals surface area contributed by atoms with E-state index in [4.69, 9.17) is 4.74 Å². The second kappa shape index (κ2) is 10.0. The first-order valence-corrected chi connectivity index (χ1v) is 9.50. The molecule has 2 heterocycles. The lowest BCUT2D eigenvalue weighted by molar-refractivity contribution is -0.122. The molecule has 144 valence electrons. The Bertz CT molecular complexity index is 715. The smallest absolute Gasteiger partial charge is 0.233 e. The summed E-state index contributed by atoms with van der Waals surface area (Å²) in [5, 5.41) is 6.33. The van der Waals surface area contributed by atoms with Crippen molar-refractivity contribution < 1.29 is 9.53 Å². The summed E-state index contributed by atoms with van der Waals surface area (Å²) in [4.78, 5) is 17.8. The molecule has 0 bridgehead atoms. The van der Waals surface area contributed by atoms with Crippen molar-refractivity contribution in [3.63, 3.8) is 0 Å². The minimum absolute atomic E-state index is 0.0844. The topological polar surface area (TPSA) is 66.5 Å². The van der Waals surface area contributed by atoms with Crippen molar-refractivity contribution in [2.45, 2.75) is 32.0 Å². The standard InChI is InChI=1S/C21H28N4O2/c1-22-21(26)15-25-11-8-19(9-12-25)24-14-18-6-2-3-7-20(18)27-16-17-5-4-10-23-13-17/h2-7,10,13,19,24H,8-9,11-12,14-16H2,1H3,(H,22,26). The normalized spacial score (nSPS) is 15.4. The Balaban J connectivity index is 1.47. The molecule has 0 radical (unpaired) electrons. The number of nitrogens with one attached hydrogen (secondary N) is 2. The number of rotatable bonds is 8. The van der Waals surface area contributed by atoms with E-state index in [1.807, 2.05) is 36.5 Å². The quantitative estimate of drug-likeness (QED) is 0.746. The Morgan fingerprint density at radius 3 is 2.78 bits per heavy atom. The van der Waals surface area contributed by atoms with E-state index in [0.29, 0.717) is 19.2 Å². The van der Waals surface area contributed by atoms with Crippen LogP contribution in [0.3, 0.4) is 0 Å². The van der Waals surface area contributed by atoms with Gasteiger partial charge in [0.25, 0.3) is 0 Å². The zero-order valence-corrected chi connectivity index (χ0v) is 15.9. The SMILES string of the molecule is CNC(=O)CN1CCC(NCc2ccccc2OCc2cccnc2)CC1. The molecule has 2 aromatic rings. The first kappa shape index (κ1) is 19.3. The van der Waals surface area contributed by atoms with Crippen LogP contribution in [-0.2, 0) is 17.9 Å². The van der Waals surface area contributed by atoms with Crippen LogP contribution in [0, 0.1) is 0 Å². The summed E-state index contributed by atoms with van der Waals surface area (Å²) >= 11 is 0. The van der Waals surface area contributed by atoms with E-state index in [-0.39, 0.29) is 5.91 Å². The van der Waals surface area contributed by atoms with Crippen molar-refractivity contribution in [3.05, 3.63) is 59.9 Å². The number of amides is 1. The summed E-state index contributed by atoms with van der Waals surface area (Å²) < 4.78 is 6.00. The molecule has 0 aliphatic carbocycles. The molecule has 1 saturated heterocycles. The molecule has 6 nitrogen and oxygen atoms in total. The number of benzene rings is 1. The average molecular weight is 368 g/mol. The number of likely N-dealkylation sites (tertiary alicyclic amines) is 1. The van der Waals surface area contributed by atoms with Gasteiger partial charge < -0.3 is 15.4 Å². The second-order valence-electron chi connectivity index (χ2n) is 6.86. The summed E-state index contributed by atoms with van der Waals surface area (Å²) in [6.45, 7) is 3.69. The Labute approximate surface area is 160 Å². The van der Waals surface area contributed by atoms with Crippen molar-refractivity contribution in [2.24, 2.45) is 0 Å². The molecule has 1 fully saturated rings. The first-order chi connectivity index (χ1) is 13.2. The van der Waals surface area contributed by atoms with Crippen LogP contribution in [0.2, 0.25) is 0 Å². The van der Waals surface area contributed by atoms with E-state index in [1.54, 1.807) is 13.2 Å². The molecule has 2 N–H and O–H groups in total. The highest BCUT2D eigenvalue weighted by Crippen LogP contribution is 2.20. The Morgan fingerprint density at radius 2 is 2.04 bits per heavy atom. The van der Waals surface area contributed by atoms with Gasteiger partial charge in [-0.05, 0) is 25.0 Å². The van der Waals surface area contributed by atoms with Crippen LogP contribution >= 0.6 is 0 Å². The molecule has 0 unspecified atom stereocenters. The van der Waals surface area contributed by atoms with E-state index in [9.17, 15) is 4.79 Å². The molecule has 0 atom stereocenters. The molecule has 1 aromatic carbocycles. The molecule has 1 aliphatic heterocycles. The highest BCUT2D eigenvalue weighted by molar-refractivity contribution is 5.77. The van der Waals surface area contributed by atoms with Gasteiger partial charge in [0.05, 0.1) is 6.54 Å². The lowest BCUT2D eigenvalue weighted by Gasteiger charge is -2.32. The van der Waals surface area contributed by atoms with E-state index < -0.39 is 0 Å². The van der Waals surface area contributed by atoms with Crippen LogP contribution in [0.5, 0.6) is 5.75 Å². The van der Waals surface area contributed by atoms with Gasteiger partial charge in [-0.25, -0.2) is 0 Å². The highest BCUT2D eigenvalue weighted by Gasteiger charge is 2.20. The predicted octanol–water partition coefficient (Wildman–Crippen LogP) is 1.96. The molecule has 27 heavy (non-hydrogen) atoms. The minimum atomic E-state index is 0.0844. The largest absolute Gasteiger partial charge is 0.489 e. The fraction of sp³-hybridized carbons (Fsp3) is 0.429. The molecule has 0 spiro atoms.